The molecule has 0 radical (unpaired) electrons. The Balaban J connectivity index is 0.887. The molecule has 3 aliphatic rings. The van der Waals surface area contributed by atoms with E-state index < -0.39 is 0 Å². The Labute approximate surface area is 231 Å². The van der Waals surface area contributed by atoms with Crippen LogP contribution in [-0.4, -0.2) is 61.3 Å². The van der Waals surface area contributed by atoms with Gasteiger partial charge in [0.25, 0.3) is 0 Å². The summed E-state index contributed by atoms with van der Waals surface area (Å²) in [5.74, 6) is 3.33. The standard InChI is InChI=1S/C32H38N4O3/c37-32(39-29-12-8-26(9-13-29)25-4-2-1-3-5-25)34-28-10-6-24(7-11-28)15-18-35-19-21-36(22-20-35)31-30-27(14-17-33-31)16-23-38-30/h1-5,8-9,12-14,17,24,28H,6-7,10-11,15-16,18-23H2,(H,34,37). The molecule has 3 heterocycles. The van der Waals surface area contributed by atoms with Gasteiger partial charge in [0.05, 0.1) is 6.61 Å². The first-order valence-corrected chi connectivity index (χ1v) is 14.4. The molecule has 0 unspecified atom stereocenters. The molecule has 2 fully saturated rings. The van der Waals surface area contributed by atoms with Crippen LogP contribution in [0.5, 0.6) is 11.5 Å². The van der Waals surface area contributed by atoms with Crippen LogP contribution in [0.15, 0.2) is 66.9 Å². The Bertz CT molecular complexity index is 1230. The Morgan fingerprint density at radius 2 is 1.67 bits per heavy atom. The molecule has 0 atom stereocenters. The van der Waals surface area contributed by atoms with Crippen molar-refractivity contribution < 1.29 is 14.3 Å². The van der Waals surface area contributed by atoms with Crippen molar-refractivity contribution in [3.05, 3.63) is 72.4 Å². The number of fused-ring (bicyclic) bond motifs is 1. The van der Waals surface area contributed by atoms with Gasteiger partial charge in [0.2, 0.25) is 0 Å². The van der Waals surface area contributed by atoms with Gasteiger partial charge in [-0.1, -0.05) is 42.5 Å². The highest BCUT2D eigenvalue weighted by molar-refractivity contribution is 5.71. The van der Waals surface area contributed by atoms with E-state index in [1.807, 2.05) is 48.7 Å². The Kier molecular flexibility index (Phi) is 7.95. The summed E-state index contributed by atoms with van der Waals surface area (Å²) in [6.45, 7) is 6.06. The van der Waals surface area contributed by atoms with Gasteiger partial charge in [0.1, 0.15) is 5.75 Å². The maximum absolute atomic E-state index is 12.5. The highest BCUT2D eigenvalue weighted by Crippen LogP contribution is 2.34. The van der Waals surface area contributed by atoms with Gasteiger partial charge >= 0.3 is 6.09 Å². The number of hydrogen-bond donors (Lipinski definition) is 1. The van der Waals surface area contributed by atoms with Crippen LogP contribution in [-0.2, 0) is 6.42 Å². The lowest BCUT2D eigenvalue weighted by Crippen LogP contribution is -2.47. The second kappa shape index (κ2) is 12.1. The first kappa shape index (κ1) is 25.7. The number of nitrogens with zero attached hydrogens (tertiary/aromatic N) is 3. The molecular weight excluding hydrogens is 488 g/mol. The fourth-order valence-corrected chi connectivity index (χ4v) is 6.11. The molecule has 1 saturated carbocycles. The third-order valence-corrected chi connectivity index (χ3v) is 8.45. The number of carbonyl (C=O) groups is 1. The largest absolute Gasteiger partial charge is 0.489 e. The average molecular weight is 527 g/mol. The molecule has 3 aromatic rings. The number of nitrogens with one attached hydrogen (secondary N) is 1. The van der Waals surface area contributed by atoms with E-state index in [9.17, 15) is 4.79 Å². The van der Waals surface area contributed by atoms with Crippen molar-refractivity contribution in [3.8, 4) is 22.6 Å². The quantitative estimate of drug-likeness (QED) is 0.436. The first-order valence-electron chi connectivity index (χ1n) is 14.4. The molecule has 6 rings (SSSR count). The predicted molar refractivity (Wildman–Crippen MR) is 153 cm³/mol. The Hall–Kier alpha value is -3.58. The molecule has 39 heavy (non-hydrogen) atoms. The summed E-state index contributed by atoms with van der Waals surface area (Å²) in [6, 6.07) is 20.2. The summed E-state index contributed by atoms with van der Waals surface area (Å²) >= 11 is 0. The summed E-state index contributed by atoms with van der Waals surface area (Å²) in [4.78, 5) is 22.1. The Morgan fingerprint density at radius 1 is 0.923 bits per heavy atom. The molecule has 204 valence electrons. The van der Waals surface area contributed by atoms with Crippen molar-refractivity contribution in [3.63, 3.8) is 0 Å². The van der Waals surface area contributed by atoms with Gasteiger partial charge in [-0.2, -0.15) is 0 Å². The Morgan fingerprint density at radius 3 is 2.44 bits per heavy atom. The van der Waals surface area contributed by atoms with Crippen molar-refractivity contribution in [1.29, 1.82) is 0 Å². The number of pyridine rings is 1. The van der Waals surface area contributed by atoms with Crippen LogP contribution in [0.25, 0.3) is 11.1 Å². The number of piperazine rings is 1. The van der Waals surface area contributed by atoms with E-state index in [1.54, 1.807) is 0 Å². The summed E-state index contributed by atoms with van der Waals surface area (Å²) in [5.41, 5.74) is 3.54. The highest BCUT2D eigenvalue weighted by Gasteiger charge is 2.27. The SMILES string of the molecule is O=C(NC1CCC(CCN2CCN(c3nccc4c3OCC4)CC2)CC1)Oc1ccc(-c2ccccc2)cc1. The zero-order valence-electron chi connectivity index (χ0n) is 22.6. The van der Waals surface area contributed by atoms with E-state index >= 15 is 0 Å². The zero-order valence-corrected chi connectivity index (χ0v) is 22.6. The molecule has 1 N–H and O–H groups in total. The van der Waals surface area contributed by atoms with E-state index in [-0.39, 0.29) is 12.1 Å². The summed E-state index contributed by atoms with van der Waals surface area (Å²) in [5, 5.41) is 3.08. The van der Waals surface area contributed by atoms with Crippen molar-refractivity contribution in [2.24, 2.45) is 5.92 Å². The van der Waals surface area contributed by atoms with E-state index in [1.165, 1.54) is 12.0 Å². The van der Waals surface area contributed by atoms with E-state index in [0.717, 1.165) is 100 Å². The van der Waals surface area contributed by atoms with Crippen molar-refractivity contribution in [2.45, 2.75) is 44.6 Å². The lowest BCUT2D eigenvalue weighted by Gasteiger charge is -2.37. The van der Waals surface area contributed by atoms with Crippen molar-refractivity contribution in [2.75, 3.05) is 44.2 Å². The van der Waals surface area contributed by atoms with Gasteiger partial charge in [-0.25, -0.2) is 9.78 Å². The van der Waals surface area contributed by atoms with Gasteiger partial charge in [0, 0.05) is 50.4 Å². The molecule has 0 bridgehead atoms. The van der Waals surface area contributed by atoms with Crippen molar-refractivity contribution >= 4 is 11.9 Å². The number of rotatable bonds is 7. The molecule has 7 nitrogen and oxygen atoms in total. The number of benzene rings is 2. The minimum absolute atomic E-state index is 0.197. The lowest BCUT2D eigenvalue weighted by molar-refractivity contribution is 0.182. The average Bonchev–Trinajstić information content (AvgIpc) is 3.47. The second-order valence-electron chi connectivity index (χ2n) is 11.0. The topological polar surface area (TPSA) is 66.9 Å². The van der Waals surface area contributed by atoms with Gasteiger partial charge in [-0.3, -0.25) is 4.90 Å². The van der Waals surface area contributed by atoms with Crippen LogP contribution >= 0.6 is 0 Å². The van der Waals surface area contributed by atoms with Crippen LogP contribution in [0.1, 0.15) is 37.7 Å². The minimum atomic E-state index is -0.354. The molecule has 1 amide bonds. The fourth-order valence-electron chi connectivity index (χ4n) is 6.11. The third kappa shape index (κ3) is 6.36. The molecule has 2 aliphatic heterocycles. The number of carbonyl (C=O) groups excluding carboxylic acids is 1. The van der Waals surface area contributed by atoms with Gasteiger partial charge in [0.15, 0.2) is 11.6 Å². The van der Waals surface area contributed by atoms with Gasteiger partial charge < -0.3 is 19.7 Å². The van der Waals surface area contributed by atoms with E-state index in [2.05, 4.69) is 38.3 Å². The maximum atomic E-state index is 12.5. The number of hydrogen-bond acceptors (Lipinski definition) is 6. The molecule has 2 aromatic carbocycles. The van der Waals surface area contributed by atoms with Gasteiger partial charge in [-0.15, -0.1) is 0 Å². The van der Waals surface area contributed by atoms with Crippen LogP contribution in [0, 0.1) is 5.92 Å². The van der Waals surface area contributed by atoms with Crippen LogP contribution in [0.2, 0.25) is 0 Å². The molecule has 1 aliphatic carbocycles. The molecule has 0 spiro atoms. The number of anilines is 1. The van der Waals surface area contributed by atoms with E-state index in [0.29, 0.717) is 5.75 Å². The third-order valence-electron chi connectivity index (χ3n) is 8.45. The predicted octanol–water partition coefficient (Wildman–Crippen LogP) is 5.54. The molecular formula is C32H38N4O3. The number of amides is 1. The second-order valence-corrected chi connectivity index (χ2v) is 11.0. The molecule has 1 aromatic heterocycles. The summed E-state index contributed by atoms with van der Waals surface area (Å²) < 4.78 is 11.4. The number of ether oxygens (including phenoxy) is 2. The highest BCUT2D eigenvalue weighted by atomic mass is 16.6. The smallest absolute Gasteiger partial charge is 0.412 e. The molecule has 7 heteroatoms. The van der Waals surface area contributed by atoms with Crippen LogP contribution < -0.4 is 19.7 Å². The summed E-state index contributed by atoms with van der Waals surface area (Å²) in [6.07, 6.45) is 8.15. The molecule has 1 saturated heterocycles. The first-order chi connectivity index (χ1) is 19.2. The minimum Gasteiger partial charge on any atom is -0.489 e. The maximum Gasteiger partial charge on any atom is 0.412 e. The number of aromatic nitrogens is 1. The van der Waals surface area contributed by atoms with Gasteiger partial charge in [-0.05, 0) is 73.9 Å². The fraction of sp³-hybridized carbons (Fsp3) is 0.438. The zero-order chi connectivity index (χ0) is 26.4. The lowest BCUT2D eigenvalue weighted by atomic mass is 9.84. The van der Waals surface area contributed by atoms with Crippen molar-refractivity contribution in [1.82, 2.24) is 15.2 Å². The van der Waals surface area contributed by atoms with Crippen LogP contribution in [0.3, 0.4) is 0 Å². The monoisotopic (exact) mass is 526 g/mol. The normalized spacial score (nSPS) is 21.2. The van der Waals surface area contributed by atoms with E-state index in [4.69, 9.17) is 9.47 Å². The van der Waals surface area contributed by atoms with Crippen LogP contribution in [0.4, 0.5) is 10.6 Å². The summed E-state index contributed by atoms with van der Waals surface area (Å²) in [7, 11) is 0.